The van der Waals surface area contributed by atoms with Crippen LogP contribution >= 0.6 is 11.6 Å². The van der Waals surface area contributed by atoms with E-state index in [1.54, 1.807) is 12.1 Å². The van der Waals surface area contributed by atoms with Gasteiger partial charge >= 0.3 is 5.97 Å². The summed E-state index contributed by atoms with van der Waals surface area (Å²) in [6, 6.07) is 3.44. The Morgan fingerprint density at radius 2 is 2.24 bits per heavy atom. The van der Waals surface area contributed by atoms with E-state index in [2.05, 4.69) is 20.3 Å². The van der Waals surface area contributed by atoms with Crippen LogP contribution in [0, 0.1) is 0 Å². The highest BCUT2D eigenvalue weighted by Crippen LogP contribution is 2.21. The standard InChI is InChI=1S/C14H13ClN4O2/c1-21-14(20)12-9-7-16-5-4-10(9)18-13(19-12)11-3-2-8(15)6-17-11/h2-3,6,16H,4-5,7H2,1H3. The van der Waals surface area contributed by atoms with Crippen LogP contribution in [-0.4, -0.2) is 34.6 Å². The van der Waals surface area contributed by atoms with Gasteiger partial charge in [0, 0.05) is 31.3 Å². The highest BCUT2D eigenvalue weighted by Gasteiger charge is 2.23. The molecule has 0 fully saturated rings. The SMILES string of the molecule is COC(=O)c1nc(-c2ccc(Cl)cn2)nc2c1CNCC2. The minimum absolute atomic E-state index is 0.293. The van der Waals surface area contributed by atoms with Crippen LogP contribution in [0.25, 0.3) is 11.5 Å². The van der Waals surface area contributed by atoms with Crippen molar-refractivity contribution in [2.75, 3.05) is 13.7 Å². The summed E-state index contributed by atoms with van der Waals surface area (Å²) in [4.78, 5) is 25.0. The predicted molar refractivity (Wildman–Crippen MR) is 77.0 cm³/mol. The maximum Gasteiger partial charge on any atom is 0.357 e. The van der Waals surface area contributed by atoms with Crippen molar-refractivity contribution in [3.8, 4) is 11.5 Å². The van der Waals surface area contributed by atoms with Crippen molar-refractivity contribution in [2.45, 2.75) is 13.0 Å². The Hall–Kier alpha value is -2.05. The van der Waals surface area contributed by atoms with E-state index < -0.39 is 5.97 Å². The van der Waals surface area contributed by atoms with Gasteiger partial charge in [-0.3, -0.25) is 4.98 Å². The highest BCUT2D eigenvalue weighted by molar-refractivity contribution is 6.30. The number of aromatic nitrogens is 3. The van der Waals surface area contributed by atoms with Crippen LogP contribution in [-0.2, 0) is 17.7 Å². The zero-order valence-electron chi connectivity index (χ0n) is 11.4. The van der Waals surface area contributed by atoms with Gasteiger partial charge in [0.05, 0.1) is 17.8 Å². The van der Waals surface area contributed by atoms with Crippen LogP contribution in [0.1, 0.15) is 21.7 Å². The third-order valence-corrected chi connectivity index (χ3v) is 3.49. The molecule has 1 aliphatic rings. The summed E-state index contributed by atoms with van der Waals surface area (Å²) in [5.41, 5.74) is 2.52. The third-order valence-electron chi connectivity index (χ3n) is 3.27. The number of carbonyl (C=O) groups excluding carboxylic acids is 1. The summed E-state index contributed by atoms with van der Waals surface area (Å²) in [5, 5.41) is 3.74. The Morgan fingerprint density at radius 1 is 1.38 bits per heavy atom. The van der Waals surface area contributed by atoms with Crippen molar-refractivity contribution >= 4 is 17.6 Å². The Morgan fingerprint density at radius 3 is 2.95 bits per heavy atom. The molecule has 108 valence electrons. The first-order valence-corrected chi connectivity index (χ1v) is 6.87. The van der Waals surface area contributed by atoms with Crippen molar-refractivity contribution in [2.24, 2.45) is 0 Å². The summed E-state index contributed by atoms with van der Waals surface area (Å²) in [7, 11) is 1.34. The van der Waals surface area contributed by atoms with E-state index in [4.69, 9.17) is 16.3 Å². The molecule has 2 aromatic heterocycles. The van der Waals surface area contributed by atoms with Crippen molar-refractivity contribution in [1.82, 2.24) is 20.3 Å². The number of fused-ring (bicyclic) bond motifs is 1. The van der Waals surface area contributed by atoms with Gasteiger partial charge in [0.2, 0.25) is 0 Å². The molecule has 0 aliphatic carbocycles. The third kappa shape index (κ3) is 2.72. The number of ether oxygens (including phenoxy) is 1. The number of methoxy groups -OCH3 is 1. The largest absolute Gasteiger partial charge is 0.464 e. The minimum Gasteiger partial charge on any atom is -0.464 e. The Balaban J connectivity index is 2.13. The van der Waals surface area contributed by atoms with Crippen molar-refractivity contribution in [3.05, 3.63) is 40.3 Å². The monoisotopic (exact) mass is 304 g/mol. The van der Waals surface area contributed by atoms with Crippen molar-refractivity contribution in [3.63, 3.8) is 0 Å². The van der Waals surface area contributed by atoms with Gasteiger partial charge in [0.1, 0.15) is 5.69 Å². The topological polar surface area (TPSA) is 77.0 Å². The summed E-state index contributed by atoms with van der Waals surface area (Å²) in [6.07, 6.45) is 2.27. The second-order valence-corrected chi connectivity index (χ2v) is 5.04. The molecule has 0 atom stereocenters. The zero-order chi connectivity index (χ0) is 14.8. The molecular formula is C14H13ClN4O2. The first kappa shape index (κ1) is 13.9. The number of esters is 1. The van der Waals surface area contributed by atoms with E-state index in [0.29, 0.717) is 28.8 Å². The highest BCUT2D eigenvalue weighted by atomic mass is 35.5. The van der Waals surface area contributed by atoms with E-state index in [1.807, 2.05) is 0 Å². The number of halogens is 1. The fraction of sp³-hybridized carbons (Fsp3) is 0.286. The van der Waals surface area contributed by atoms with Crippen LogP contribution < -0.4 is 5.32 Å². The normalized spacial score (nSPS) is 13.6. The summed E-state index contributed by atoms with van der Waals surface area (Å²) < 4.78 is 4.81. The Bertz CT molecular complexity index is 688. The van der Waals surface area contributed by atoms with Crippen LogP contribution in [0.2, 0.25) is 5.02 Å². The van der Waals surface area contributed by atoms with Crippen LogP contribution in [0.15, 0.2) is 18.3 Å². The number of carbonyl (C=O) groups is 1. The van der Waals surface area contributed by atoms with E-state index in [0.717, 1.165) is 24.2 Å². The van der Waals surface area contributed by atoms with Gasteiger partial charge in [-0.05, 0) is 12.1 Å². The smallest absolute Gasteiger partial charge is 0.357 e. The van der Waals surface area contributed by atoms with Gasteiger partial charge in [0.15, 0.2) is 11.5 Å². The number of hydrogen-bond acceptors (Lipinski definition) is 6. The lowest BCUT2D eigenvalue weighted by molar-refractivity contribution is 0.0592. The maximum absolute atomic E-state index is 11.9. The molecule has 1 aliphatic heterocycles. The molecule has 0 saturated carbocycles. The average molecular weight is 305 g/mol. The number of nitrogens with zero attached hydrogens (tertiary/aromatic N) is 3. The van der Waals surface area contributed by atoms with Gasteiger partial charge in [0.25, 0.3) is 0 Å². The first-order valence-electron chi connectivity index (χ1n) is 6.50. The lowest BCUT2D eigenvalue weighted by Gasteiger charge is -2.18. The lowest BCUT2D eigenvalue weighted by Crippen LogP contribution is -2.28. The average Bonchev–Trinajstić information content (AvgIpc) is 2.53. The molecule has 0 amide bonds. The van der Waals surface area contributed by atoms with Crippen LogP contribution in [0.3, 0.4) is 0 Å². The molecule has 3 heterocycles. The Labute approximate surface area is 126 Å². The lowest BCUT2D eigenvalue weighted by atomic mass is 10.0. The molecule has 0 bridgehead atoms. The van der Waals surface area contributed by atoms with Gasteiger partial charge in [-0.15, -0.1) is 0 Å². The molecule has 3 rings (SSSR count). The van der Waals surface area contributed by atoms with E-state index in [-0.39, 0.29) is 0 Å². The summed E-state index contributed by atoms with van der Waals surface area (Å²) in [6.45, 7) is 1.38. The van der Waals surface area contributed by atoms with E-state index >= 15 is 0 Å². The quantitative estimate of drug-likeness (QED) is 0.850. The summed E-state index contributed by atoms with van der Waals surface area (Å²) >= 11 is 5.83. The van der Waals surface area contributed by atoms with Gasteiger partial charge in [-0.1, -0.05) is 11.6 Å². The Kier molecular flexibility index (Phi) is 3.81. The number of rotatable bonds is 2. The molecule has 0 unspecified atom stereocenters. The van der Waals surface area contributed by atoms with Crippen molar-refractivity contribution in [1.29, 1.82) is 0 Å². The molecular weight excluding hydrogens is 292 g/mol. The molecule has 0 radical (unpaired) electrons. The van der Waals surface area contributed by atoms with E-state index in [9.17, 15) is 4.79 Å². The molecule has 21 heavy (non-hydrogen) atoms. The molecule has 0 spiro atoms. The zero-order valence-corrected chi connectivity index (χ0v) is 12.1. The fourth-order valence-corrected chi connectivity index (χ4v) is 2.34. The second kappa shape index (κ2) is 5.75. The van der Waals surface area contributed by atoms with E-state index in [1.165, 1.54) is 13.3 Å². The molecule has 6 nitrogen and oxygen atoms in total. The molecule has 0 saturated heterocycles. The minimum atomic E-state index is -0.465. The number of nitrogens with one attached hydrogen (secondary N) is 1. The van der Waals surface area contributed by atoms with Crippen LogP contribution in [0.5, 0.6) is 0 Å². The van der Waals surface area contributed by atoms with Gasteiger partial charge < -0.3 is 10.1 Å². The summed E-state index contributed by atoms with van der Waals surface area (Å²) in [5.74, 6) is -0.0553. The number of pyridine rings is 1. The second-order valence-electron chi connectivity index (χ2n) is 4.60. The fourth-order valence-electron chi connectivity index (χ4n) is 2.23. The van der Waals surface area contributed by atoms with Crippen LogP contribution in [0.4, 0.5) is 0 Å². The first-order chi connectivity index (χ1) is 10.2. The van der Waals surface area contributed by atoms with Gasteiger partial charge in [-0.25, -0.2) is 14.8 Å². The molecule has 1 N–H and O–H groups in total. The predicted octanol–water partition coefficient (Wildman–Crippen LogP) is 1.62. The maximum atomic E-state index is 11.9. The van der Waals surface area contributed by atoms with Gasteiger partial charge in [-0.2, -0.15) is 0 Å². The number of hydrogen-bond donors (Lipinski definition) is 1. The molecule has 2 aromatic rings. The molecule has 0 aromatic carbocycles. The molecule has 7 heteroatoms. The van der Waals surface area contributed by atoms with Crippen molar-refractivity contribution < 1.29 is 9.53 Å².